The number of hydrogen-bond donors (Lipinski definition) is 4. The summed E-state index contributed by atoms with van der Waals surface area (Å²) in [5.74, 6) is 6.32. The summed E-state index contributed by atoms with van der Waals surface area (Å²) in [6, 6.07) is 0. The topological polar surface area (TPSA) is 114 Å². The maximum Gasteiger partial charge on any atom is 0.241 e. The second-order valence-corrected chi connectivity index (χ2v) is 4.61. The summed E-state index contributed by atoms with van der Waals surface area (Å²) in [7, 11) is 1.66. The lowest BCUT2D eigenvalue weighted by Gasteiger charge is -2.26. The van der Waals surface area contributed by atoms with Gasteiger partial charge in [0.25, 0.3) is 0 Å². The van der Waals surface area contributed by atoms with Gasteiger partial charge in [0.05, 0.1) is 23.7 Å². The zero-order valence-electron chi connectivity index (χ0n) is 10.6. The Morgan fingerprint density at radius 1 is 1.44 bits per heavy atom. The number of aromatic amines is 1. The maximum absolute atomic E-state index is 5.34. The van der Waals surface area contributed by atoms with E-state index in [0.717, 1.165) is 5.39 Å². The predicted octanol–water partition coefficient (Wildman–Crippen LogP) is 0.475. The molecule has 8 heteroatoms. The molecule has 0 aliphatic rings. The summed E-state index contributed by atoms with van der Waals surface area (Å²) in [5, 5.41) is 10.8. The predicted molar refractivity (Wildman–Crippen MR) is 69.1 cm³/mol. The molecule has 0 saturated heterocycles. The van der Waals surface area contributed by atoms with Crippen LogP contribution in [0.3, 0.4) is 0 Å². The summed E-state index contributed by atoms with van der Waals surface area (Å²) in [6.45, 7) is 4.57. The van der Waals surface area contributed by atoms with Gasteiger partial charge in [-0.3, -0.25) is 10.5 Å². The van der Waals surface area contributed by atoms with E-state index >= 15 is 0 Å². The van der Waals surface area contributed by atoms with Crippen molar-refractivity contribution in [3.05, 3.63) is 6.20 Å². The summed E-state index contributed by atoms with van der Waals surface area (Å²) in [5.41, 5.74) is 2.78. The minimum atomic E-state index is -0.265. The van der Waals surface area contributed by atoms with Crippen molar-refractivity contribution in [2.75, 3.05) is 24.5 Å². The second kappa shape index (κ2) is 4.75. The van der Waals surface area contributed by atoms with Crippen molar-refractivity contribution in [2.45, 2.75) is 19.4 Å². The number of anilines is 2. The van der Waals surface area contributed by atoms with Crippen molar-refractivity contribution >= 4 is 22.8 Å². The Morgan fingerprint density at radius 2 is 2.22 bits per heavy atom. The Morgan fingerprint density at radius 3 is 2.89 bits per heavy atom. The highest BCUT2D eigenvalue weighted by atomic mass is 16.5. The third kappa shape index (κ3) is 2.49. The number of methoxy groups -OCH3 is 1. The van der Waals surface area contributed by atoms with Crippen LogP contribution in [0.5, 0.6) is 0 Å². The van der Waals surface area contributed by atoms with Crippen LogP contribution < -0.4 is 16.6 Å². The number of nitrogen functional groups attached to an aromatic ring is 1. The Balaban J connectivity index is 2.39. The monoisotopic (exact) mass is 251 g/mol. The van der Waals surface area contributed by atoms with Gasteiger partial charge in [0.2, 0.25) is 5.95 Å². The van der Waals surface area contributed by atoms with Crippen LogP contribution in [-0.2, 0) is 4.74 Å². The van der Waals surface area contributed by atoms with Crippen molar-refractivity contribution in [1.82, 2.24) is 20.2 Å². The molecule has 0 aliphatic carbocycles. The van der Waals surface area contributed by atoms with Gasteiger partial charge in [-0.25, -0.2) is 5.84 Å². The molecule has 0 amide bonds. The number of ether oxygens (including phenoxy) is 1. The number of hydrogen-bond acceptors (Lipinski definition) is 7. The van der Waals surface area contributed by atoms with Gasteiger partial charge in [0.15, 0.2) is 5.65 Å². The van der Waals surface area contributed by atoms with Crippen LogP contribution in [-0.4, -0.2) is 39.4 Å². The van der Waals surface area contributed by atoms with Crippen molar-refractivity contribution in [2.24, 2.45) is 5.84 Å². The highest BCUT2D eigenvalue weighted by Crippen LogP contribution is 2.22. The first kappa shape index (κ1) is 12.5. The van der Waals surface area contributed by atoms with Crippen LogP contribution in [0.15, 0.2) is 6.20 Å². The number of H-pyrrole nitrogens is 1. The molecule has 2 heterocycles. The molecule has 18 heavy (non-hydrogen) atoms. The summed E-state index contributed by atoms with van der Waals surface area (Å²) in [6.07, 6.45) is 1.67. The standard InChI is InChI=1S/C10H17N7O/c1-10(2,5-18-3)15-7-6-4-12-17-8(6)14-9(13-7)16-11/h4H,5,11H2,1-3H3,(H3,12,13,14,15,16,17). The average Bonchev–Trinajstić information content (AvgIpc) is 2.76. The van der Waals surface area contributed by atoms with E-state index < -0.39 is 0 Å². The second-order valence-electron chi connectivity index (χ2n) is 4.61. The molecular formula is C10H17N7O. The molecular weight excluding hydrogens is 234 g/mol. The van der Waals surface area contributed by atoms with Gasteiger partial charge in [0, 0.05) is 7.11 Å². The molecule has 0 fully saturated rings. The van der Waals surface area contributed by atoms with Gasteiger partial charge >= 0.3 is 0 Å². The van der Waals surface area contributed by atoms with Crippen LogP contribution in [0.4, 0.5) is 11.8 Å². The third-order valence-corrected chi connectivity index (χ3v) is 2.40. The largest absolute Gasteiger partial charge is 0.382 e. The molecule has 0 aliphatic heterocycles. The highest BCUT2D eigenvalue weighted by Gasteiger charge is 2.20. The minimum absolute atomic E-state index is 0.265. The fraction of sp³-hybridized carbons (Fsp3) is 0.500. The normalized spacial score (nSPS) is 11.8. The van der Waals surface area contributed by atoms with Gasteiger partial charge < -0.3 is 10.1 Å². The van der Waals surface area contributed by atoms with Crippen molar-refractivity contribution < 1.29 is 4.74 Å². The SMILES string of the molecule is COCC(C)(C)Nc1nc(NN)nc2[nH]ncc12. The zero-order chi connectivity index (χ0) is 13.2. The molecule has 0 saturated carbocycles. The number of nitrogens with two attached hydrogens (primary N) is 1. The maximum atomic E-state index is 5.34. The molecule has 0 aromatic carbocycles. The first-order chi connectivity index (χ1) is 8.55. The molecule has 0 unspecified atom stereocenters. The zero-order valence-corrected chi connectivity index (χ0v) is 10.6. The summed E-state index contributed by atoms with van der Waals surface area (Å²) >= 11 is 0. The van der Waals surface area contributed by atoms with E-state index in [1.807, 2.05) is 13.8 Å². The van der Waals surface area contributed by atoms with Gasteiger partial charge in [-0.05, 0) is 13.8 Å². The molecule has 0 bridgehead atoms. The van der Waals surface area contributed by atoms with Crippen molar-refractivity contribution in [1.29, 1.82) is 0 Å². The van der Waals surface area contributed by atoms with E-state index in [0.29, 0.717) is 24.0 Å². The molecule has 0 atom stereocenters. The Labute approximate surface area is 104 Å². The smallest absolute Gasteiger partial charge is 0.241 e. The summed E-state index contributed by atoms with van der Waals surface area (Å²) < 4.78 is 5.16. The van der Waals surface area contributed by atoms with Crippen LogP contribution >= 0.6 is 0 Å². The van der Waals surface area contributed by atoms with Gasteiger partial charge in [-0.2, -0.15) is 15.1 Å². The average molecular weight is 251 g/mol. The van der Waals surface area contributed by atoms with Crippen LogP contribution in [0.25, 0.3) is 11.0 Å². The molecule has 0 spiro atoms. The minimum Gasteiger partial charge on any atom is -0.382 e. The molecule has 2 rings (SSSR count). The Hall–Kier alpha value is -1.93. The fourth-order valence-electron chi connectivity index (χ4n) is 1.71. The lowest BCUT2D eigenvalue weighted by atomic mass is 10.1. The van der Waals surface area contributed by atoms with Crippen LogP contribution in [0.1, 0.15) is 13.8 Å². The molecule has 98 valence electrons. The molecule has 2 aromatic heterocycles. The highest BCUT2D eigenvalue weighted by molar-refractivity contribution is 5.87. The van der Waals surface area contributed by atoms with Gasteiger partial charge in [-0.15, -0.1) is 0 Å². The molecule has 5 N–H and O–H groups in total. The van der Waals surface area contributed by atoms with E-state index in [2.05, 4.69) is 30.9 Å². The Bertz CT molecular complexity index is 536. The van der Waals surface area contributed by atoms with E-state index in [9.17, 15) is 0 Å². The first-order valence-corrected chi connectivity index (χ1v) is 5.50. The van der Waals surface area contributed by atoms with Crippen LogP contribution in [0.2, 0.25) is 0 Å². The third-order valence-electron chi connectivity index (χ3n) is 2.40. The lowest BCUT2D eigenvalue weighted by Crippen LogP contribution is -2.36. The van der Waals surface area contributed by atoms with Gasteiger partial charge in [-0.1, -0.05) is 0 Å². The van der Waals surface area contributed by atoms with Crippen molar-refractivity contribution in [3.63, 3.8) is 0 Å². The van der Waals surface area contributed by atoms with E-state index in [1.165, 1.54) is 0 Å². The quantitative estimate of drug-likeness (QED) is 0.451. The van der Waals surface area contributed by atoms with E-state index in [-0.39, 0.29) is 5.54 Å². The first-order valence-electron chi connectivity index (χ1n) is 5.50. The number of fused-ring (bicyclic) bond motifs is 1. The number of nitrogens with zero attached hydrogens (tertiary/aromatic N) is 3. The van der Waals surface area contributed by atoms with Crippen molar-refractivity contribution in [3.8, 4) is 0 Å². The lowest BCUT2D eigenvalue weighted by molar-refractivity contribution is 0.158. The number of hydrazine groups is 1. The number of aromatic nitrogens is 4. The van der Waals surface area contributed by atoms with E-state index in [1.54, 1.807) is 13.3 Å². The fourth-order valence-corrected chi connectivity index (χ4v) is 1.71. The number of rotatable bonds is 5. The Kier molecular flexibility index (Phi) is 3.30. The summed E-state index contributed by atoms with van der Waals surface area (Å²) in [4.78, 5) is 8.44. The van der Waals surface area contributed by atoms with Crippen LogP contribution in [0, 0.1) is 0 Å². The number of nitrogens with one attached hydrogen (secondary N) is 3. The molecule has 2 aromatic rings. The molecule has 0 radical (unpaired) electrons. The van der Waals surface area contributed by atoms with E-state index in [4.69, 9.17) is 10.6 Å². The van der Waals surface area contributed by atoms with Gasteiger partial charge in [0.1, 0.15) is 5.82 Å². The molecule has 8 nitrogen and oxygen atoms in total.